The minimum absolute atomic E-state index is 0.272. The number of halogens is 3. The molecule has 0 saturated heterocycles. The van der Waals surface area contributed by atoms with Crippen molar-refractivity contribution in [2.24, 2.45) is 16.7 Å². The van der Waals surface area contributed by atoms with Crippen LogP contribution in [0.5, 0.6) is 5.75 Å². The molecular weight excluding hydrogens is 415 g/mol. The maximum atomic E-state index is 12.9. The molecule has 5 nitrogen and oxygen atoms in total. The Hall–Kier alpha value is -2.03. The van der Waals surface area contributed by atoms with E-state index in [9.17, 15) is 22.8 Å². The van der Waals surface area contributed by atoms with Crippen LogP contribution in [0, 0.1) is 16.7 Å². The number of hydrogen-bond donors (Lipinski definition) is 1. The summed E-state index contributed by atoms with van der Waals surface area (Å²) in [7, 11) is -1.56. The van der Waals surface area contributed by atoms with Crippen LogP contribution >= 0.6 is 0 Å². The van der Waals surface area contributed by atoms with Gasteiger partial charge in [-0.15, -0.1) is 13.2 Å². The van der Waals surface area contributed by atoms with Crippen LogP contribution in [0.25, 0.3) is 0 Å². The first-order valence-electron chi connectivity index (χ1n) is 9.89. The molecular formula is C21H30F3NO4Si. The molecule has 1 aromatic rings. The number of benzene rings is 1. The molecule has 1 N–H and O–H groups in total. The number of carbonyl (C=O) groups excluding carboxylic acids is 2. The number of nitrogens with one attached hydrogen (secondary N) is 1. The first-order valence-corrected chi connectivity index (χ1v) is 13.6. The van der Waals surface area contributed by atoms with Crippen molar-refractivity contribution >= 4 is 25.6 Å². The normalized spacial score (nSPS) is 23.7. The molecule has 0 aliphatic heterocycles. The lowest BCUT2D eigenvalue weighted by atomic mass is 9.65. The van der Waals surface area contributed by atoms with Crippen LogP contribution in [0.3, 0.4) is 0 Å². The molecule has 9 heteroatoms. The molecule has 1 aliphatic carbocycles. The highest BCUT2D eigenvalue weighted by molar-refractivity contribution is 6.76. The second kappa shape index (κ2) is 8.24. The van der Waals surface area contributed by atoms with Gasteiger partial charge in [0.2, 0.25) is 5.91 Å². The van der Waals surface area contributed by atoms with E-state index in [-0.39, 0.29) is 17.6 Å². The fourth-order valence-corrected chi connectivity index (χ4v) is 4.30. The molecule has 0 spiro atoms. The van der Waals surface area contributed by atoms with Gasteiger partial charge >= 0.3 is 12.3 Å². The lowest BCUT2D eigenvalue weighted by Crippen LogP contribution is -2.46. The number of rotatable bonds is 6. The maximum absolute atomic E-state index is 12.9. The predicted octanol–water partition coefficient (Wildman–Crippen LogP) is 5.39. The first-order chi connectivity index (χ1) is 13.6. The Morgan fingerprint density at radius 3 is 2.20 bits per heavy atom. The minimum atomic E-state index is -4.77. The summed E-state index contributed by atoms with van der Waals surface area (Å²) in [6.45, 7) is 12.0. The van der Waals surface area contributed by atoms with Gasteiger partial charge in [0.05, 0.1) is 19.7 Å². The second-order valence-corrected chi connectivity index (χ2v) is 15.3. The Morgan fingerprint density at radius 1 is 1.13 bits per heavy atom. The molecule has 0 aromatic heterocycles. The molecule has 2 rings (SSSR count). The van der Waals surface area contributed by atoms with E-state index in [1.165, 1.54) is 12.1 Å². The number of anilines is 1. The van der Waals surface area contributed by atoms with Gasteiger partial charge in [0.25, 0.3) is 0 Å². The van der Waals surface area contributed by atoms with Crippen molar-refractivity contribution in [3.8, 4) is 5.75 Å². The van der Waals surface area contributed by atoms with Crippen LogP contribution < -0.4 is 10.1 Å². The van der Waals surface area contributed by atoms with Gasteiger partial charge in [0.15, 0.2) is 0 Å². The Bertz CT molecular complexity index is 787. The summed E-state index contributed by atoms with van der Waals surface area (Å²) in [5.74, 6) is -1.35. The van der Waals surface area contributed by atoms with Crippen LogP contribution in [0.2, 0.25) is 19.6 Å². The predicted molar refractivity (Wildman–Crippen MR) is 111 cm³/mol. The molecule has 2 unspecified atom stereocenters. The third-order valence-electron chi connectivity index (χ3n) is 5.99. The average molecular weight is 446 g/mol. The summed E-state index contributed by atoms with van der Waals surface area (Å²) in [6, 6.07) is 4.98. The number of esters is 1. The maximum Gasteiger partial charge on any atom is 0.573 e. The number of ether oxygens (including phenoxy) is 2. The monoisotopic (exact) mass is 445 g/mol. The van der Waals surface area contributed by atoms with Gasteiger partial charge in [0, 0.05) is 11.6 Å². The lowest BCUT2D eigenvalue weighted by Gasteiger charge is -2.39. The smallest absolute Gasteiger partial charge is 0.469 e. The zero-order chi connectivity index (χ0) is 23.0. The van der Waals surface area contributed by atoms with E-state index in [0.717, 1.165) is 12.1 Å². The molecule has 30 heavy (non-hydrogen) atoms. The van der Waals surface area contributed by atoms with E-state index < -0.39 is 31.2 Å². The highest BCUT2D eigenvalue weighted by atomic mass is 28.3. The summed E-state index contributed by atoms with van der Waals surface area (Å²) in [6.07, 6.45) is -3.29. The summed E-state index contributed by atoms with van der Waals surface area (Å²) >= 11 is 0. The van der Waals surface area contributed by atoms with Gasteiger partial charge in [-0.1, -0.05) is 33.5 Å². The molecule has 1 aliphatic rings. The van der Waals surface area contributed by atoms with Crippen molar-refractivity contribution in [2.45, 2.75) is 59.6 Å². The van der Waals surface area contributed by atoms with Crippen molar-refractivity contribution < 1.29 is 32.2 Å². The molecule has 0 bridgehead atoms. The number of hydrogen-bond acceptors (Lipinski definition) is 4. The third-order valence-corrected chi connectivity index (χ3v) is 7.00. The Labute approximate surface area is 176 Å². The Kier molecular flexibility index (Phi) is 6.66. The summed E-state index contributed by atoms with van der Waals surface area (Å²) in [5.41, 5.74) is -1.08. The van der Waals surface area contributed by atoms with E-state index in [1.54, 1.807) is 0 Å². The van der Waals surface area contributed by atoms with Crippen molar-refractivity contribution in [1.82, 2.24) is 0 Å². The summed E-state index contributed by atoms with van der Waals surface area (Å²) in [4.78, 5) is 25.8. The van der Waals surface area contributed by atoms with E-state index in [2.05, 4.69) is 29.7 Å². The van der Waals surface area contributed by atoms with E-state index in [1.807, 2.05) is 20.8 Å². The highest BCUT2D eigenvalue weighted by Gasteiger charge is 2.59. The molecule has 1 amide bonds. The quantitative estimate of drug-likeness (QED) is 0.471. The Morgan fingerprint density at radius 2 is 1.70 bits per heavy atom. The van der Waals surface area contributed by atoms with Gasteiger partial charge in [0.1, 0.15) is 5.75 Å². The standard InChI is InChI=1S/C21H30F3NO4Si/c1-19(2)16(11-12-20(19,3)18(27)28-13-30(4,5)6)17(26)25-14-7-9-15(10-8-14)29-21(22,23)24/h7-10,16H,11-13H2,1-6H3,(H,25,26). The zero-order valence-electron chi connectivity index (χ0n) is 18.3. The summed E-state index contributed by atoms with van der Waals surface area (Å²) < 4.78 is 46.3. The zero-order valence-corrected chi connectivity index (χ0v) is 19.3. The van der Waals surface area contributed by atoms with Gasteiger partial charge in [-0.3, -0.25) is 9.59 Å². The van der Waals surface area contributed by atoms with E-state index in [4.69, 9.17) is 4.74 Å². The average Bonchev–Trinajstić information content (AvgIpc) is 2.83. The second-order valence-electron chi connectivity index (χ2n) is 9.84. The Balaban J connectivity index is 2.07. The van der Waals surface area contributed by atoms with Crippen molar-refractivity contribution in [2.75, 3.05) is 11.5 Å². The van der Waals surface area contributed by atoms with Gasteiger partial charge in [-0.2, -0.15) is 0 Å². The third kappa shape index (κ3) is 5.56. The fourth-order valence-electron chi connectivity index (χ4n) is 3.74. The first kappa shape index (κ1) is 24.2. The van der Waals surface area contributed by atoms with Gasteiger partial charge < -0.3 is 14.8 Å². The topological polar surface area (TPSA) is 64.6 Å². The van der Waals surface area contributed by atoms with Crippen LogP contribution in [0.1, 0.15) is 33.6 Å². The molecule has 0 radical (unpaired) electrons. The molecule has 0 heterocycles. The van der Waals surface area contributed by atoms with Crippen molar-refractivity contribution in [1.29, 1.82) is 0 Å². The SMILES string of the molecule is CC1(C(=O)OC[Si](C)(C)C)CCC(C(=O)Nc2ccc(OC(F)(F)F)cc2)C1(C)C. The van der Waals surface area contributed by atoms with E-state index in [0.29, 0.717) is 24.8 Å². The minimum Gasteiger partial charge on any atom is -0.469 e. The van der Waals surface area contributed by atoms with Gasteiger partial charge in [-0.05, 0) is 49.4 Å². The van der Waals surface area contributed by atoms with Gasteiger partial charge in [-0.25, -0.2) is 0 Å². The van der Waals surface area contributed by atoms with E-state index >= 15 is 0 Å². The molecule has 168 valence electrons. The molecule has 1 fully saturated rings. The van der Waals surface area contributed by atoms with Crippen LogP contribution in [-0.2, 0) is 14.3 Å². The lowest BCUT2D eigenvalue weighted by molar-refractivity contribution is -0.274. The van der Waals surface area contributed by atoms with Crippen LogP contribution in [0.15, 0.2) is 24.3 Å². The molecule has 1 aromatic carbocycles. The highest BCUT2D eigenvalue weighted by Crippen LogP contribution is 2.56. The summed E-state index contributed by atoms with van der Waals surface area (Å²) in [5, 5.41) is 2.74. The number of carbonyl (C=O) groups is 2. The van der Waals surface area contributed by atoms with Crippen molar-refractivity contribution in [3.63, 3.8) is 0 Å². The molecule has 2 atom stereocenters. The van der Waals surface area contributed by atoms with Crippen LogP contribution in [0.4, 0.5) is 18.9 Å². The van der Waals surface area contributed by atoms with Crippen molar-refractivity contribution in [3.05, 3.63) is 24.3 Å². The number of amides is 1. The van der Waals surface area contributed by atoms with Crippen LogP contribution in [-0.4, -0.2) is 32.5 Å². The fraction of sp³-hybridized carbons (Fsp3) is 0.619. The number of alkyl halides is 3. The molecule has 1 saturated carbocycles. The largest absolute Gasteiger partial charge is 0.573 e.